The van der Waals surface area contributed by atoms with Crippen molar-refractivity contribution in [3.63, 3.8) is 0 Å². The summed E-state index contributed by atoms with van der Waals surface area (Å²) in [7, 11) is -4.13. The number of hydrogen-bond acceptors (Lipinski definition) is 7. The van der Waals surface area contributed by atoms with E-state index in [-0.39, 0.29) is 40.6 Å². The Morgan fingerprint density at radius 3 is 2.26 bits per heavy atom. The zero-order chi connectivity index (χ0) is 34.5. The Labute approximate surface area is 275 Å². The highest BCUT2D eigenvalue weighted by Crippen LogP contribution is 2.52. The van der Waals surface area contributed by atoms with Crippen LogP contribution < -0.4 is 10.6 Å². The summed E-state index contributed by atoms with van der Waals surface area (Å²) in [5, 5.41) is 15.7. The van der Waals surface area contributed by atoms with Crippen molar-refractivity contribution in [1.29, 1.82) is 0 Å². The van der Waals surface area contributed by atoms with Crippen molar-refractivity contribution < 1.29 is 45.8 Å². The normalized spacial score (nSPS) is 25.8. The second-order valence-corrected chi connectivity index (χ2v) is 16.1. The van der Waals surface area contributed by atoms with Crippen LogP contribution in [0.3, 0.4) is 0 Å². The molecule has 256 valence electrons. The van der Waals surface area contributed by atoms with Crippen LogP contribution in [-0.4, -0.2) is 71.9 Å². The number of carbonyl (C=O) groups excluding carboxylic acids is 3. The Hall–Kier alpha value is -3.36. The smallest absolute Gasteiger partial charge is 0.410 e. The van der Waals surface area contributed by atoms with Crippen LogP contribution in [0.5, 0.6) is 0 Å². The number of likely N-dealkylation sites (tertiary alicyclic amines) is 1. The molecule has 1 saturated heterocycles. The lowest BCUT2D eigenvalue weighted by atomic mass is 9.74. The number of ether oxygens (including phenoxy) is 1. The molecule has 0 radical (unpaired) electrons. The van der Waals surface area contributed by atoms with E-state index in [1.165, 1.54) is 17.0 Å². The van der Waals surface area contributed by atoms with Gasteiger partial charge in [-0.05, 0) is 89.3 Å². The van der Waals surface area contributed by atoms with Gasteiger partial charge in [-0.1, -0.05) is 11.6 Å². The molecule has 2 saturated carbocycles. The molecule has 3 fully saturated rings. The minimum atomic E-state index is -4.13. The molecule has 5 rings (SSSR count). The van der Waals surface area contributed by atoms with Crippen LogP contribution in [0, 0.1) is 29.3 Å². The first kappa shape index (κ1) is 35.0. The highest BCUT2D eigenvalue weighted by Gasteiger charge is 2.56. The topological polar surface area (TPSA) is 142 Å². The average Bonchev–Trinajstić information content (AvgIpc) is 3.51. The maximum atomic E-state index is 13.9. The van der Waals surface area contributed by atoms with E-state index in [1.54, 1.807) is 20.8 Å². The molecule has 15 heteroatoms. The van der Waals surface area contributed by atoms with Gasteiger partial charge in [0.1, 0.15) is 11.6 Å². The number of rotatable bonds is 7. The van der Waals surface area contributed by atoms with Gasteiger partial charge >= 0.3 is 6.09 Å². The average molecular weight is 700 g/mol. The highest BCUT2D eigenvalue weighted by molar-refractivity contribution is 7.92. The number of sulfone groups is 1. The molecule has 3 amide bonds. The Morgan fingerprint density at radius 2 is 1.66 bits per heavy atom. The van der Waals surface area contributed by atoms with Crippen LogP contribution in [-0.2, 0) is 19.4 Å². The van der Waals surface area contributed by atoms with Gasteiger partial charge in [0.2, 0.25) is 5.91 Å². The first-order valence-electron chi connectivity index (χ1n) is 15.4. The van der Waals surface area contributed by atoms with Crippen molar-refractivity contribution in [2.75, 3.05) is 18.4 Å². The fraction of sp³-hybridized carbons (Fsp3) is 0.531. The van der Waals surface area contributed by atoms with Crippen molar-refractivity contribution in [1.82, 2.24) is 10.2 Å². The van der Waals surface area contributed by atoms with Gasteiger partial charge in [0.15, 0.2) is 27.3 Å². The zero-order valence-electron chi connectivity index (χ0n) is 26.1. The number of amides is 3. The molecule has 3 aliphatic rings. The van der Waals surface area contributed by atoms with Gasteiger partial charge in [-0.2, -0.15) is 0 Å². The fourth-order valence-electron chi connectivity index (χ4n) is 6.95. The third-order valence-electron chi connectivity index (χ3n) is 9.28. The van der Waals surface area contributed by atoms with Crippen molar-refractivity contribution >= 4 is 45.0 Å². The standard InChI is InChI=1S/C32H37ClF3N3O7S/c1-31(2,3)46-30(42)39-10-4-5-25(39)29(41)37-16-32(43)18-7-8-19(32)13-21(12-18)47(44,45)26-11-17(6-9-22(26)33)28(40)38-20-14-23(34)27(36)24(35)15-20/h6,9,11,14-15,18-19,21,25,43H,4-5,7-8,10,12-13,16H2,1-3H3,(H,37,41)(H,38,40)/t18?,19?,21-,25-,32-/m0/s1. The summed E-state index contributed by atoms with van der Waals surface area (Å²) >= 11 is 6.30. The van der Waals surface area contributed by atoms with Crippen LogP contribution >= 0.6 is 11.6 Å². The van der Waals surface area contributed by atoms with Crippen molar-refractivity contribution in [3.05, 3.63) is 58.4 Å². The molecule has 0 spiro atoms. The van der Waals surface area contributed by atoms with Crippen molar-refractivity contribution in [2.45, 2.75) is 86.7 Å². The molecule has 1 aliphatic heterocycles. The number of halogens is 4. The van der Waals surface area contributed by atoms with E-state index in [2.05, 4.69) is 10.6 Å². The van der Waals surface area contributed by atoms with Gasteiger partial charge in [0, 0.05) is 36.5 Å². The van der Waals surface area contributed by atoms with Gasteiger partial charge in [-0.3, -0.25) is 14.5 Å². The van der Waals surface area contributed by atoms with E-state index in [1.807, 2.05) is 0 Å². The molecule has 2 bridgehead atoms. The molecule has 3 atom stereocenters. The maximum Gasteiger partial charge on any atom is 0.410 e. The molecular weight excluding hydrogens is 663 g/mol. The monoisotopic (exact) mass is 699 g/mol. The molecule has 47 heavy (non-hydrogen) atoms. The Morgan fingerprint density at radius 1 is 1.04 bits per heavy atom. The number of nitrogens with zero attached hydrogens (tertiary/aromatic N) is 1. The predicted octanol–water partition coefficient (Wildman–Crippen LogP) is 5.22. The van der Waals surface area contributed by atoms with Gasteiger partial charge in [-0.25, -0.2) is 26.4 Å². The van der Waals surface area contributed by atoms with Crippen molar-refractivity contribution in [3.8, 4) is 0 Å². The number of hydrogen-bond donors (Lipinski definition) is 3. The van der Waals surface area contributed by atoms with Gasteiger partial charge in [-0.15, -0.1) is 0 Å². The van der Waals surface area contributed by atoms with E-state index in [0.717, 1.165) is 6.07 Å². The van der Waals surface area contributed by atoms with Crippen LogP contribution in [0.15, 0.2) is 35.2 Å². The summed E-state index contributed by atoms with van der Waals surface area (Å²) in [5.41, 5.74) is -2.62. The predicted molar refractivity (Wildman–Crippen MR) is 166 cm³/mol. The van der Waals surface area contributed by atoms with Gasteiger partial charge in [0.05, 0.1) is 20.8 Å². The van der Waals surface area contributed by atoms with E-state index in [0.29, 0.717) is 44.4 Å². The van der Waals surface area contributed by atoms with E-state index in [9.17, 15) is 41.1 Å². The summed E-state index contributed by atoms with van der Waals surface area (Å²) in [4.78, 5) is 39.7. The number of benzene rings is 2. The summed E-state index contributed by atoms with van der Waals surface area (Å²) < 4.78 is 73.8. The second kappa shape index (κ2) is 12.9. The first-order chi connectivity index (χ1) is 21.9. The SMILES string of the molecule is CC(C)(C)OC(=O)N1CCC[C@H]1C(=O)NC[C@]1(O)C2CCC1C[C@@H](S(=O)(=O)c1cc(C(=O)Nc3cc(F)c(F)c(F)c3)ccc1Cl)C2. The van der Waals surface area contributed by atoms with Crippen molar-refractivity contribution in [2.24, 2.45) is 11.8 Å². The number of carbonyl (C=O) groups is 3. The Bertz CT molecular complexity index is 1660. The second-order valence-electron chi connectivity index (χ2n) is 13.5. The number of anilines is 1. The first-order valence-corrected chi connectivity index (χ1v) is 17.3. The van der Waals surface area contributed by atoms with Crippen LogP contribution in [0.4, 0.5) is 23.7 Å². The Kier molecular flexibility index (Phi) is 9.61. The maximum absolute atomic E-state index is 13.9. The van der Waals surface area contributed by atoms with Crippen LogP contribution in [0.1, 0.15) is 69.7 Å². The minimum Gasteiger partial charge on any atom is -0.444 e. The lowest BCUT2D eigenvalue weighted by Crippen LogP contribution is -2.57. The quantitative estimate of drug-likeness (QED) is 0.337. The molecule has 10 nitrogen and oxygen atoms in total. The van der Waals surface area contributed by atoms with E-state index >= 15 is 0 Å². The molecule has 2 unspecified atom stereocenters. The largest absolute Gasteiger partial charge is 0.444 e. The molecular formula is C32H37ClF3N3O7S. The summed E-state index contributed by atoms with van der Waals surface area (Å²) in [6.07, 6.45) is 1.74. The minimum absolute atomic E-state index is 0.0829. The summed E-state index contributed by atoms with van der Waals surface area (Å²) in [6, 6.07) is 3.99. The number of nitrogens with one attached hydrogen (secondary N) is 2. The Balaban J connectivity index is 1.26. The lowest BCUT2D eigenvalue weighted by molar-refractivity contribution is -0.128. The van der Waals surface area contributed by atoms with Gasteiger partial charge in [0.25, 0.3) is 5.91 Å². The third kappa shape index (κ3) is 7.09. The van der Waals surface area contributed by atoms with Crippen LogP contribution in [0.25, 0.3) is 0 Å². The molecule has 2 aromatic rings. The summed E-state index contributed by atoms with van der Waals surface area (Å²) in [6.45, 7) is 5.48. The highest BCUT2D eigenvalue weighted by atomic mass is 35.5. The molecule has 3 N–H and O–H groups in total. The third-order valence-corrected chi connectivity index (χ3v) is 11.9. The molecule has 2 aliphatic carbocycles. The fourth-order valence-corrected chi connectivity index (χ4v) is 9.35. The van der Waals surface area contributed by atoms with E-state index < -0.39 is 79.5 Å². The lowest BCUT2D eigenvalue weighted by Gasteiger charge is -2.42. The number of fused-ring (bicyclic) bond motifs is 2. The summed E-state index contributed by atoms with van der Waals surface area (Å²) in [5.74, 6) is -6.94. The number of aliphatic hydroxyl groups is 1. The molecule has 1 heterocycles. The zero-order valence-corrected chi connectivity index (χ0v) is 27.7. The van der Waals surface area contributed by atoms with E-state index in [4.69, 9.17) is 16.3 Å². The van der Waals surface area contributed by atoms with Gasteiger partial charge < -0.3 is 20.5 Å². The molecule has 0 aromatic heterocycles. The van der Waals surface area contributed by atoms with Crippen LogP contribution in [0.2, 0.25) is 5.02 Å². The molecule has 2 aromatic carbocycles.